The average molecular weight is 490 g/mol. The van der Waals surface area contributed by atoms with Gasteiger partial charge in [0.15, 0.2) is 0 Å². The molecule has 1 fully saturated rings. The fourth-order valence-electron chi connectivity index (χ4n) is 4.99. The molecule has 0 radical (unpaired) electrons. The Balaban J connectivity index is 1.48. The van der Waals surface area contributed by atoms with E-state index in [9.17, 15) is 9.90 Å². The van der Waals surface area contributed by atoms with E-state index < -0.39 is 6.23 Å². The number of anilines is 1. The van der Waals surface area contributed by atoms with E-state index in [0.29, 0.717) is 36.6 Å². The van der Waals surface area contributed by atoms with Crippen LogP contribution >= 0.6 is 0 Å². The summed E-state index contributed by atoms with van der Waals surface area (Å²) in [5, 5.41) is 11.1. The van der Waals surface area contributed by atoms with Crippen LogP contribution in [0.3, 0.4) is 0 Å². The molecule has 0 saturated carbocycles. The highest BCUT2D eigenvalue weighted by Gasteiger charge is 2.25. The van der Waals surface area contributed by atoms with Crippen molar-refractivity contribution >= 4 is 29.2 Å². The highest BCUT2D eigenvalue weighted by molar-refractivity contribution is 5.97. The largest absolute Gasteiger partial charge is 0.387 e. The second-order valence-corrected chi connectivity index (χ2v) is 9.80. The fourth-order valence-corrected chi connectivity index (χ4v) is 4.99. The van der Waals surface area contributed by atoms with Crippen molar-refractivity contribution in [1.82, 2.24) is 9.80 Å². The number of rotatable bonds is 8. The minimum atomic E-state index is -0.698. The third-order valence-corrected chi connectivity index (χ3v) is 6.93. The number of aliphatic hydroxyl groups excluding tert-OH is 1. The standard InChI is InChI=1S/C29H39N5O2/c1-4-12-33(13-5-2)29(36)24-18-22-8-9-23(19-26(22)31-27(30)20-24)28(35)34-16-14-32(15-17-34)25-10-6-21(3)7-11-25/h6-11,18-19,29,36H,4-5,12-17,20H2,1-3H3,(H2,30,31). The van der Waals surface area contributed by atoms with Crippen molar-refractivity contribution in [3.05, 3.63) is 64.7 Å². The molecule has 192 valence electrons. The quantitative estimate of drug-likeness (QED) is 0.544. The van der Waals surface area contributed by atoms with Gasteiger partial charge in [0.05, 0.1) is 5.69 Å². The van der Waals surface area contributed by atoms with Crippen LogP contribution in [-0.2, 0) is 0 Å². The van der Waals surface area contributed by atoms with Crippen LogP contribution < -0.4 is 10.6 Å². The molecule has 2 aromatic carbocycles. The zero-order chi connectivity index (χ0) is 25.7. The molecule has 3 N–H and O–H groups in total. The Morgan fingerprint density at radius 3 is 2.36 bits per heavy atom. The van der Waals surface area contributed by atoms with E-state index in [4.69, 9.17) is 5.73 Å². The van der Waals surface area contributed by atoms with Crippen LogP contribution in [0.15, 0.2) is 53.0 Å². The molecule has 0 aromatic heterocycles. The first kappa shape index (κ1) is 25.9. The van der Waals surface area contributed by atoms with Gasteiger partial charge in [0.1, 0.15) is 12.1 Å². The van der Waals surface area contributed by atoms with E-state index >= 15 is 0 Å². The second-order valence-electron chi connectivity index (χ2n) is 9.80. The number of carbonyl (C=O) groups is 1. The van der Waals surface area contributed by atoms with Gasteiger partial charge in [-0.25, -0.2) is 4.99 Å². The third-order valence-electron chi connectivity index (χ3n) is 6.93. The van der Waals surface area contributed by atoms with Gasteiger partial charge in [-0.1, -0.05) is 37.6 Å². The molecule has 0 bridgehead atoms. The van der Waals surface area contributed by atoms with Crippen molar-refractivity contribution in [2.24, 2.45) is 10.7 Å². The van der Waals surface area contributed by atoms with Crippen LogP contribution in [0.1, 0.15) is 54.6 Å². The van der Waals surface area contributed by atoms with Crippen LogP contribution in [-0.4, -0.2) is 72.1 Å². The number of hydrogen-bond acceptors (Lipinski definition) is 6. The van der Waals surface area contributed by atoms with Crippen LogP contribution in [0.25, 0.3) is 6.08 Å². The lowest BCUT2D eigenvalue weighted by molar-refractivity contribution is 0.0323. The summed E-state index contributed by atoms with van der Waals surface area (Å²) < 4.78 is 0. The van der Waals surface area contributed by atoms with Gasteiger partial charge in [-0.05, 0) is 55.7 Å². The molecule has 2 heterocycles. The Labute approximate surface area is 214 Å². The number of amidine groups is 1. The van der Waals surface area contributed by atoms with Crippen LogP contribution in [0.2, 0.25) is 0 Å². The fraction of sp³-hybridized carbons (Fsp3) is 0.448. The molecule has 2 aliphatic rings. The zero-order valence-corrected chi connectivity index (χ0v) is 21.8. The summed E-state index contributed by atoms with van der Waals surface area (Å²) in [4.78, 5) is 24.2. The predicted molar refractivity (Wildman–Crippen MR) is 148 cm³/mol. The SMILES string of the molecule is CCCN(CCC)C(O)C1=Cc2ccc(C(=O)N3CCN(c4ccc(C)cc4)CC3)cc2N=C(N)C1. The van der Waals surface area contributed by atoms with E-state index in [2.05, 4.69) is 59.8 Å². The van der Waals surface area contributed by atoms with Crippen molar-refractivity contribution in [2.75, 3.05) is 44.2 Å². The van der Waals surface area contributed by atoms with Crippen LogP contribution in [0, 0.1) is 6.92 Å². The number of hydrogen-bond donors (Lipinski definition) is 2. The number of aryl methyl sites for hydroxylation is 1. The van der Waals surface area contributed by atoms with Crippen molar-refractivity contribution < 1.29 is 9.90 Å². The van der Waals surface area contributed by atoms with Crippen molar-refractivity contribution in [2.45, 2.75) is 46.3 Å². The monoisotopic (exact) mass is 489 g/mol. The normalized spacial score (nSPS) is 16.8. The topological polar surface area (TPSA) is 85.4 Å². The van der Waals surface area contributed by atoms with Gasteiger partial charge in [0.2, 0.25) is 0 Å². The molecule has 36 heavy (non-hydrogen) atoms. The van der Waals surface area contributed by atoms with Gasteiger partial charge in [-0.3, -0.25) is 9.69 Å². The Kier molecular flexibility index (Phi) is 8.44. The maximum Gasteiger partial charge on any atom is 0.254 e. The van der Waals surface area contributed by atoms with E-state index in [0.717, 1.165) is 50.2 Å². The number of fused-ring (bicyclic) bond motifs is 1. The molecule has 7 heteroatoms. The summed E-state index contributed by atoms with van der Waals surface area (Å²) in [6, 6.07) is 14.1. The minimum Gasteiger partial charge on any atom is -0.387 e. The molecule has 1 amide bonds. The van der Waals surface area contributed by atoms with Gasteiger partial charge in [0.25, 0.3) is 5.91 Å². The molecule has 0 spiro atoms. The first-order valence-corrected chi connectivity index (χ1v) is 13.1. The summed E-state index contributed by atoms with van der Waals surface area (Å²) in [6.07, 6.45) is 3.63. The highest BCUT2D eigenvalue weighted by atomic mass is 16.3. The van der Waals surface area contributed by atoms with E-state index in [1.807, 2.05) is 29.2 Å². The minimum absolute atomic E-state index is 0.0145. The van der Waals surface area contributed by atoms with Gasteiger partial charge in [-0.2, -0.15) is 0 Å². The number of amides is 1. The summed E-state index contributed by atoms with van der Waals surface area (Å²) in [6.45, 7) is 10.9. The van der Waals surface area contributed by atoms with Gasteiger partial charge in [-0.15, -0.1) is 0 Å². The predicted octanol–water partition coefficient (Wildman–Crippen LogP) is 4.17. The van der Waals surface area contributed by atoms with Gasteiger partial charge < -0.3 is 20.6 Å². The Hall–Kier alpha value is -3.16. The van der Waals surface area contributed by atoms with Gasteiger partial charge in [0, 0.05) is 62.5 Å². The maximum absolute atomic E-state index is 13.3. The van der Waals surface area contributed by atoms with Crippen LogP contribution in [0.4, 0.5) is 11.4 Å². The number of carbonyl (C=O) groups excluding carboxylic acids is 1. The second kappa shape index (κ2) is 11.7. The van der Waals surface area contributed by atoms with E-state index in [-0.39, 0.29) is 5.91 Å². The Bertz CT molecular complexity index is 1110. The van der Waals surface area contributed by atoms with Crippen molar-refractivity contribution in [1.29, 1.82) is 0 Å². The summed E-state index contributed by atoms with van der Waals surface area (Å²) in [5.74, 6) is 0.462. The summed E-state index contributed by atoms with van der Waals surface area (Å²) in [5.41, 5.74) is 11.7. The molecule has 1 saturated heterocycles. The molecular weight excluding hydrogens is 450 g/mol. The summed E-state index contributed by atoms with van der Waals surface area (Å²) in [7, 11) is 0. The zero-order valence-electron chi connectivity index (χ0n) is 21.8. The average Bonchev–Trinajstić information content (AvgIpc) is 3.05. The molecule has 4 rings (SSSR count). The number of nitrogens with zero attached hydrogens (tertiary/aromatic N) is 4. The molecule has 1 unspecified atom stereocenters. The first-order valence-electron chi connectivity index (χ1n) is 13.1. The Morgan fingerprint density at radius 2 is 1.72 bits per heavy atom. The maximum atomic E-state index is 13.3. The van der Waals surface area contributed by atoms with E-state index in [1.54, 1.807) is 0 Å². The number of piperazine rings is 1. The number of aliphatic imine (C=N–C) groups is 1. The number of nitrogens with two attached hydrogens (primary N) is 1. The lowest BCUT2D eigenvalue weighted by Crippen LogP contribution is -2.48. The smallest absolute Gasteiger partial charge is 0.254 e. The molecule has 2 aliphatic heterocycles. The first-order chi connectivity index (χ1) is 17.4. The molecule has 1 atom stereocenters. The van der Waals surface area contributed by atoms with E-state index in [1.165, 1.54) is 11.3 Å². The number of benzene rings is 2. The lowest BCUT2D eigenvalue weighted by atomic mass is 10.0. The molecular formula is C29H39N5O2. The lowest BCUT2D eigenvalue weighted by Gasteiger charge is -2.36. The van der Waals surface area contributed by atoms with Crippen molar-refractivity contribution in [3.63, 3.8) is 0 Å². The third kappa shape index (κ3) is 5.97. The molecule has 7 nitrogen and oxygen atoms in total. The number of aliphatic hydroxyl groups is 1. The summed E-state index contributed by atoms with van der Waals surface area (Å²) >= 11 is 0. The molecule has 0 aliphatic carbocycles. The Morgan fingerprint density at radius 1 is 1.06 bits per heavy atom. The van der Waals surface area contributed by atoms with Gasteiger partial charge >= 0.3 is 0 Å². The van der Waals surface area contributed by atoms with Crippen molar-refractivity contribution in [3.8, 4) is 0 Å². The highest BCUT2D eigenvalue weighted by Crippen LogP contribution is 2.30. The van der Waals surface area contributed by atoms with Crippen LogP contribution in [0.5, 0.6) is 0 Å². The molecule has 2 aromatic rings.